The molecule has 9 nitrogen and oxygen atoms in total. The number of hydrogen-bond acceptors (Lipinski definition) is 7. The summed E-state index contributed by atoms with van der Waals surface area (Å²) in [4.78, 5) is 42.9. The molecule has 0 saturated carbocycles. The highest BCUT2D eigenvalue weighted by Gasteiger charge is 2.23. The highest BCUT2D eigenvalue weighted by Crippen LogP contribution is 2.36. The van der Waals surface area contributed by atoms with E-state index in [9.17, 15) is 19.3 Å². The second-order valence-electron chi connectivity index (χ2n) is 14.6. The lowest BCUT2D eigenvalue weighted by Crippen LogP contribution is -2.29. The molecule has 3 N–H and O–H groups in total. The largest absolute Gasteiger partial charge is 0.469 e. The van der Waals surface area contributed by atoms with Gasteiger partial charge in [-0.15, -0.1) is 0 Å². The Morgan fingerprint density at radius 3 is 1.55 bits per heavy atom. The normalized spacial score (nSPS) is 13.9. The summed E-state index contributed by atoms with van der Waals surface area (Å²) in [5, 5.41) is 10.2. The van der Waals surface area contributed by atoms with Gasteiger partial charge in [0.15, 0.2) is 6.10 Å². The summed E-state index contributed by atoms with van der Waals surface area (Å²) in [5.74, 6) is -0.350. The number of hydrogen-bond donors (Lipinski definition) is 3. The molecule has 10 heteroatoms. The number of ether oxygens (including phenoxy) is 2. The Hall–Kier alpha value is -2.55. The summed E-state index contributed by atoms with van der Waals surface area (Å²) < 4.78 is 26.2. The van der Waals surface area contributed by atoms with Crippen LogP contribution in [0.1, 0.15) is 168 Å². The molecular weight excluding hydrogens is 715 g/mol. The summed E-state index contributed by atoms with van der Waals surface area (Å²) in [6.45, 7) is 5.69. The standard InChI is InChI=1S/C45H77O9P/c1-4-5-6-7-8-9-10-11-12-13-17-20-23-26-29-32-35-42(46)37-38-44(47)52-39-43(40-53-55(49,50)51)54-45(48)36-33-30-27-24-21-18-15-14-16-19-22-25-28-31-34-41(2)3/h5-6,8-9,11-12,17,20,26,29,32,35,41-43,46H,4,7,10,13-16,18-19,21-25,27-28,30-31,33-34,36-40H2,1-3H3,(H2,49,50,51)/b6-5-,9-8-,12-11-,20-17-,29-26-,35-32-/t42?,43-/m1/s1. The SMILES string of the molecule is CC/C=C\C/C=C\C/C=C\C/C=C\C/C=C\C=C/C(O)CCC(=O)OC[C@H](COP(=O)(O)O)OC(=O)CCCCCCCCCCCCCCCCC(C)C. The minimum atomic E-state index is -4.81. The Morgan fingerprint density at radius 2 is 1.05 bits per heavy atom. The van der Waals surface area contributed by atoms with Crippen LogP contribution in [-0.4, -0.2) is 52.3 Å². The molecule has 316 valence electrons. The van der Waals surface area contributed by atoms with Gasteiger partial charge in [0.2, 0.25) is 0 Å². The fourth-order valence-electron chi connectivity index (χ4n) is 5.61. The van der Waals surface area contributed by atoms with Gasteiger partial charge in [-0.3, -0.25) is 14.1 Å². The molecule has 0 heterocycles. The topological polar surface area (TPSA) is 140 Å². The molecule has 0 aliphatic heterocycles. The smallest absolute Gasteiger partial charge is 0.462 e. The maximum atomic E-state index is 12.4. The van der Waals surface area contributed by atoms with Crippen LogP contribution >= 0.6 is 7.82 Å². The van der Waals surface area contributed by atoms with Crippen molar-refractivity contribution in [3.05, 3.63) is 72.9 Å². The number of aliphatic hydroxyl groups is 1. The Bertz CT molecular complexity index is 1150. The van der Waals surface area contributed by atoms with Crippen molar-refractivity contribution < 1.29 is 43.0 Å². The number of allylic oxidation sites excluding steroid dienone is 11. The van der Waals surface area contributed by atoms with Crippen molar-refractivity contribution in [1.82, 2.24) is 0 Å². The van der Waals surface area contributed by atoms with Crippen LogP contribution in [0.2, 0.25) is 0 Å². The third-order valence-electron chi connectivity index (χ3n) is 8.79. The van der Waals surface area contributed by atoms with E-state index >= 15 is 0 Å². The number of unbranched alkanes of at least 4 members (excludes halogenated alkanes) is 13. The fourth-order valence-corrected chi connectivity index (χ4v) is 5.97. The molecule has 0 rings (SSSR count). The van der Waals surface area contributed by atoms with E-state index in [0.717, 1.165) is 57.3 Å². The van der Waals surface area contributed by atoms with E-state index in [0.29, 0.717) is 6.42 Å². The summed E-state index contributed by atoms with van der Waals surface area (Å²) in [7, 11) is -4.81. The summed E-state index contributed by atoms with van der Waals surface area (Å²) in [6.07, 6.45) is 45.3. The maximum Gasteiger partial charge on any atom is 0.469 e. The Morgan fingerprint density at radius 1 is 0.582 bits per heavy atom. The van der Waals surface area contributed by atoms with Crippen LogP contribution in [0.4, 0.5) is 0 Å². The van der Waals surface area contributed by atoms with Crippen LogP contribution in [0.25, 0.3) is 0 Å². The third kappa shape index (κ3) is 42.4. The monoisotopic (exact) mass is 793 g/mol. The highest BCUT2D eigenvalue weighted by atomic mass is 31.2. The first-order valence-corrected chi connectivity index (χ1v) is 22.7. The first-order valence-electron chi connectivity index (χ1n) is 21.2. The maximum absolute atomic E-state index is 12.4. The van der Waals surface area contributed by atoms with Crippen molar-refractivity contribution in [2.45, 2.75) is 181 Å². The van der Waals surface area contributed by atoms with E-state index < -0.39 is 45.2 Å². The first kappa shape index (κ1) is 52.5. The van der Waals surface area contributed by atoms with Crippen LogP contribution < -0.4 is 0 Å². The lowest BCUT2D eigenvalue weighted by atomic mass is 10.0. The molecule has 2 atom stereocenters. The van der Waals surface area contributed by atoms with Crippen LogP contribution in [0, 0.1) is 5.92 Å². The van der Waals surface area contributed by atoms with Gasteiger partial charge in [-0.1, -0.05) is 184 Å². The Balaban J connectivity index is 4.15. The second kappa shape index (κ2) is 38.3. The van der Waals surface area contributed by atoms with E-state index in [-0.39, 0.29) is 19.3 Å². The van der Waals surface area contributed by atoms with E-state index in [1.165, 1.54) is 70.6 Å². The molecule has 55 heavy (non-hydrogen) atoms. The van der Waals surface area contributed by atoms with Crippen molar-refractivity contribution in [2.75, 3.05) is 13.2 Å². The number of aliphatic hydroxyl groups excluding tert-OH is 1. The zero-order valence-corrected chi connectivity index (χ0v) is 35.5. The first-order chi connectivity index (χ1) is 26.5. The van der Waals surface area contributed by atoms with Crippen molar-refractivity contribution in [2.24, 2.45) is 5.92 Å². The van der Waals surface area contributed by atoms with Gasteiger partial charge in [0.25, 0.3) is 0 Å². The quantitative estimate of drug-likeness (QED) is 0.0184. The summed E-state index contributed by atoms with van der Waals surface area (Å²) in [5.41, 5.74) is 0. The molecule has 0 bridgehead atoms. The van der Waals surface area contributed by atoms with Crippen molar-refractivity contribution in [3.63, 3.8) is 0 Å². The molecule has 0 spiro atoms. The Labute approximate surface area is 334 Å². The van der Waals surface area contributed by atoms with Gasteiger partial charge < -0.3 is 24.4 Å². The molecule has 1 unspecified atom stereocenters. The second-order valence-corrected chi connectivity index (χ2v) is 15.9. The predicted octanol–water partition coefficient (Wildman–Crippen LogP) is 11.9. The average molecular weight is 793 g/mol. The van der Waals surface area contributed by atoms with Crippen LogP contribution in [-0.2, 0) is 28.2 Å². The summed E-state index contributed by atoms with van der Waals surface area (Å²) in [6, 6.07) is 0. The molecule has 0 radical (unpaired) electrons. The number of esters is 2. The zero-order valence-electron chi connectivity index (χ0n) is 34.6. The van der Waals surface area contributed by atoms with Crippen molar-refractivity contribution in [1.29, 1.82) is 0 Å². The molecular formula is C45H77O9P. The van der Waals surface area contributed by atoms with E-state index in [4.69, 9.17) is 19.3 Å². The molecule has 0 aliphatic rings. The molecule has 0 saturated heterocycles. The van der Waals surface area contributed by atoms with E-state index in [2.05, 4.69) is 73.9 Å². The number of carbonyl (C=O) groups is 2. The van der Waals surface area contributed by atoms with Crippen molar-refractivity contribution >= 4 is 19.8 Å². The van der Waals surface area contributed by atoms with Gasteiger partial charge in [0.05, 0.1) is 12.7 Å². The Kier molecular flexibility index (Phi) is 36.6. The summed E-state index contributed by atoms with van der Waals surface area (Å²) >= 11 is 0. The van der Waals surface area contributed by atoms with Gasteiger partial charge in [-0.25, -0.2) is 4.57 Å². The number of carbonyl (C=O) groups excluding carboxylic acids is 2. The minimum absolute atomic E-state index is 0.0874. The van der Waals surface area contributed by atoms with Crippen LogP contribution in [0.15, 0.2) is 72.9 Å². The van der Waals surface area contributed by atoms with Gasteiger partial charge in [-0.2, -0.15) is 0 Å². The molecule has 0 aromatic rings. The average Bonchev–Trinajstić information content (AvgIpc) is 3.14. The molecule has 0 aliphatic carbocycles. The van der Waals surface area contributed by atoms with Gasteiger partial charge in [-0.05, 0) is 50.9 Å². The van der Waals surface area contributed by atoms with E-state index in [1.807, 2.05) is 12.2 Å². The van der Waals surface area contributed by atoms with Gasteiger partial charge >= 0.3 is 19.8 Å². The lowest BCUT2D eigenvalue weighted by molar-refractivity contribution is -0.161. The molecule has 0 aromatic heterocycles. The van der Waals surface area contributed by atoms with Crippen molar-refractivity contribution in [3.8, 4) is 0 Å². The highest BCUT2D eigenvalue weighted by molar-refractivity contribution is 7.46. The number of rotatable bonds is 37. The molecule has 0 aromatic carbocycles. The van der Waals surface area contributed by atoms with Crippen LogP contribution in [0.3, 0.4) is 0 Å². The fraction of sp³-hybridized carbons (Fsp3) is 0.689. The van der Waals surface area contributed by atoms with Crippen LogP contribution in [0.5, 0.6) is 0 Å². The van der Waals surface area contributed by atoms with Gasteiger partial charge in [0.1, 0.15) is 6.61 Å². The number of phosphoric ester groups is 1. The molecule has 0 amide bonds. The lowest BCUT2D eigenvalue weighted by Gasteiger charge is -2.18. The van der Waals surface area contributed by atoms with Gasteiger partial charge in [0, 0.05) is 12.8 Å². The molecule has 0 fully saturated rings. The third-order valence-corrected chi connectivity index (χ3v) is 9.27. The zero-order chi connectivity index (χ0) is 40.7. The minimum Gasteiger partial charge on any atom is -0.462 e. The van der Waals surface area contributed by atoms with E-state index in [1.54, 1.807) is 12.2 Å². The number of phosphoric acid groups is 1. The predicted molar refractivity (Wildman–Crippen MR) is 226 cm³/mol.